The van der Waals surface area contributed by atoms with Crippen LogP contribution in [0.2, 0.25) is 0 Å². The van der Waals surface area contributed by atoms with Crippen molar-refractivity contribution >= 4 is 60.5 Å². The van der Waals surface area contributed by atoms with Gasteiger partial charge in [-0.3, -0.25) is 0 Å². The summed E-state index contributed by atoms with van der Waals surface area (Å²) in [7, 11) is 0. The molecule has 242 valence electrons. The van der Waals surface area contributed by atoms with Crippen LogP contribution in [0.5, 0.6) is 0 Å². The maximum atomic E-state index is 6.23. The van der Waals surface area contributed by atoms with Crippen molar-refractivity contribution in [2.45, 2.75) is 0 Å². The predicted molar refractivity (Wildman–Crippen MR) is 219 cm³/mol. The van der Waals surface area contributed by atoms with Crippen molar-refractivity contribution in [3.63, 3.8) is 0 Å². The molecule has 2 nitrogen and oxygen atoms in total. The van der Waals surface area contributed by atoms with Gasteiger partial charge in [-0.2, -0.15) is 0 Å². The average molecular weight is 662 g/mol. The average Bonchev–Trinajstić information content (AvgIpc) is 3.74. The highest BCUT2D eigenvalue weighted by atomic mass is 16.3. The number of hydrogen-bond donors (Lipinski definition) is 0. The van der Waals surface area contributed by atoms with Gasteiger partial charge in [-0.05, 0) is 121 Å². The standard InChI is InChI=1S/C50H31NO/c1-2-12-40-33(8-1)9-5-14-41(40)34-20-25-38(26-21-34)51(39-27-29-42-45-15-6-10-35-11-7-16-46(50(35)45)47(42)31-39)37-23-18-32(19-24-37)36-22-28-44-43-13-3-4-17-48(43)52-49(44)30-36/h1-31H. The summed E-state index contributed by atoms with van der Waals surface area (Å²) in [5, 5.41) is 7.43. The van der Waals surface area contributed by atoms with Gasteiger partial charge in [0.05, 0.1) is 0 Å². The van der Waals surface area contributed by atoms with E-state index in [-0.39, 0.29) is 0 Å². The normalized spacial score (nSPS) is 11.8. The van der Waals surface area contributed by atoms with Crippen LogP contribution in [0.4, 0.5) is 17.1 Å². The van der Waals surface area contributed by atoms with E-state index in [1.807, 2.05) is 12.1 Å². The Morgan fingerprint density at radius 2 is 0.885 bits per heavy atom. The van der Waals surface area contributed by atoms with E-state index in [1.54, 1.807) is 0 Å². The number of rotatable bonds is 5. The summed E-state index contributed by atoms with van der Waals surface area (Å²) in [6.07, 6.45) is 0. The number of para-hydroxylation sites is 1. The van der Waals surface area contributed by atoms with Crippen LogP contribution in [0.25, 0.3) is 88.0 Å². The number of benzene rings is 9. The zero-order chi connectivity index (χ0) is 34.2. The van der Waals surface area contributed by atoms with E-state index < -0.39 is 0 Å². The minimum absolute atomic E-state index is 0.907. The van der Waals surface area contributed by atoms with Crippen molar-refractivity contribution in [1.29, 1.82) is 0 Å². The highest BCUT2D eigenvalue weighted by molar-refractivity contribution is 6.16. The summed E-state index contributed by atoms with van der Waals surface area (Å²) in [6.45, 7) is 0. The summed E-state index contributed by atoms with van der Waals surface area (Å²) in [4.78, 5) is 2.38. The van der Waals surface area contributed by atoms with E-state index in [2.05, 4.69) is 181 Å². The molecule has 0 spiro atoms. The fourth-order valence-corrected chi connectivity index (χ4v) is 8.34. The summed E-state index contributed by atoms with van der Waals surface area (Å²) in [6, 6.07) is 68.1. The van der Waals surface area contributed by atoms with E-state index in [0.29, 0.717) is 0 Å². The van der Waals surface area contributed by atoms with Crippen LogP contribution >= 0.6 is 0 Å². The van der Waals surface area contributed by atoms with Crippen molar-refractivity contribution in [3.05, 3.63) is 188 Å². The Morgan fingerprint density at radius 1 is 0.308 bits per heavy atom. The summed E-state index contributed by atoms with van der Waals surface area (Å²) in [5.41, 5.74) is 15.0. The zero-order valence-corrected chi connectivity index (χ0v) is 28.3. The molecule has 52 heavy (non-hydrogen) atoms. The van der Waals surface area contributed by atoms with Gasteiger partial charge >= 0.3 is 0 Å². The zero-order valence-electron chi connectivity index (χ0n) is 28.3. The largest absolute Gasteiger partial charge is 0.456 e. The molecule has 1 aliphatic rings. The van der Waals surface area contributed by atoms with E-state index >= 15 is 0 Å². The first kappa shape index (κ1) is 28.9. The molecule has 0 aliphatic heterocycles. The smallest absolute Gasteiger partial charge is 0.136 e. The lowest BCUT2D eigenvalue weighted by atomic mass is 9.98. The molecule has 9 aromatic carbocycles. The van der Waals surface area contributed by atoms with Crippen LogP contribution in [-0.4, -0.2) is 0 Å². The third-order valence-electron chi connectivity index (χ3n) is 10.8. The Kier molecular flexibility index (Phi) is 6.28. The van der Waals surface area contributed by atoms with Crippen LogP contribution in [0.3, 0.4) is 0 Å². The fraction of sp³-hybridized carbons (Fsp3) is 0. The lowest BCUT2D eigenvalue weighted by molar-refractivity contribution is 0.669. The lowest BCUT2D eigenvalue weighted by Gasteiger charge is -2.27. The van der Waals surface area contributed by atoms with Gasteiger partial charge in [0.15, 0.2) is 0 Å². The third kappa shape index (κ3) is 4.44. The van der Waals surface area contributed by atoms with Gasteiger partial charge in [-0.25, -0.2) is 0 Å². The van der Waals surface area contributed by atoms with E-state index in [1.165, 1.54) is 54.9 Å². The molecule has 0 saturated carbocycles. The topological polar surface area (TPSA) is 16.4 Å². The molecule has 1 aromatic heterocycles. The highest BCUT2D eigenvalue weighted by Crippen LogP contribution is 2.49. The predicted octanol–water partition coefficient (Wildman–Crippen LogP) is 14.3. The first-order valence-electron chi connectivity index (χ1n) is 17.8. The number of hydrogen-bond acceptors (Lipinski definition) is 2. The van der Waals surface area contributed by atoms with Crippen molar-refractivity contribution in [3.8, 4) is 44.5 Å². The van der Waals surface area contributed by atoms with Crippen LogP contribution in [0, 0.1) is 0 Å². The molecule has 10 aromatic rings. The van der Waals surface area contributed by atoms with Crippen LogP contribution < -0.4 is 4.90 Å². The lowest BCUT2D eigenvalue weighted by Crippen LogP contribution is -2.10. The Labute approximate surface area is 301 Å². The molecule has 0 bridgehead atoms. The second kappa shape index (κ2) is 11.3. The Hall–Kier alpha value is -6.90. The monoisotopic (exact) mass is 661 g/mol. The number of nitrogens with zero attached hydrogens (tertiary/aromatic N) is 1. The summed E-state index contributed by atoms with van der Waals surface area (Å²) in [5.74, 6) is 0. The van der Waals surface area contributed by atoms with Gasteiger partial charge in [0, 0.05) is 27.8 Å². The first-order chi connectivity index (χ1) is 25.8. The van der Waals surface area contributed by atoms with Crippen LogP contribution in [-0.2, 0) is 0 Å². The molecule has 0 atom stereocenters. The number of anilines is 3. The Bertz CT molecular complexity index is 2990. The molecule has 1 heterocycles. The minimum Gasteiger partial charge on any atom is -0.456 e. The molecule has 2 heteroatoms. The van der Waals surface area contributed by atoms with Crippen LogP contribution in [0.15, 0.2) is 192 Å². The molecule has 1 aliphatic carbocycles. The quantitative estimate of drug-likeness (QED) is 0.182. The molecule has 0 unspecified atom stereocenters. The molecule has 0 fully saturated rings. The van der Waals surface area contributed by atoms with Gasteiger partial charge < -0.3 is 9.32 Å². The third-order valence-corrected chi connectivity index (χ3v) is 10.8. The maximum absolute atomic E-state index is 6.23. The second-order valence-electron chi connectivity index (χ2n) is 13.7. The van der Waals surface area contributed by atoms with Gasteiger partial charge in [0.2, 0.25) is 0 Å². The van der Waals surface area contributed by atoms with E-state index in [0.717, 1.165) is 50.1 Å². The Balaban J connectivity index is 1.03. The SMILES string of the molecule is c1ccc2c(-c3ccc(N(c4ccc(-c5ccc6c(c5)oc5ccccc56)cc4)c4ccc5c(c4)-c4cccc6cccc-5c46)cc3)cccc2c1. The summed E-state index contributed by atoms with van der Waals surface area (Å²) >= 11 is 0. The summed E-state index contributed by atoms with van der Waals surface area (Å²) < 4.78 is 6.23. The molecule has 0 saturated heterocycles. The Morgan fingerprint density at radius 3 is 1.67 bits per heavy atom. The first-order valence-corrected chi connectivity index (χ1v) is 17.8. The van der Waals surface area contributed by atoms with Crippen molar-refractivity contribution in [2.75, 3.05) is 4.90 Å². The molecule has 0 N–H and O–H groups in total. The fourth-order valence-electron chi connectivity index (χ4n) is 8.34. The van der Waals surface area contributed by atoms with Crippen molar-refractivity contribution in [1.82, 2.24) is 0 Å². The van der Waals surface area contributed by atoms with Gasteiger partial charge in [0.1, 0.15) is 11.2 Å². The highest BCUT2D eigenvalue weighted by Gasteiger charge is 2.23. The van der Waals surface area contributed by atoms with Crippen molar-refractivity contribution < 1.29 is 4.42 Å². The molecule has 0 radical (unpaired) electrons. The van der Waals surface area contributed by atoms with Gasteiger partial charge in [0.25, 0.3) is 0 Å². The van der Waals surface area contributed by atoms with Gasteiger partial charge in [-0.1, -0.05) is 133 Å². The molecule has 11 rings (SSSR count). The van der Waals surface area contributed by atoms with E-state index in [9.17, 15) is 0 Å². The maximum Gasteiger partial charge on any atom is 0.136 e. The van der Waals surface area contributed by atoms with Crippen molar-refractivity contribution in [2.24, 2.45) is 0 Å². The van der Waals surface area contributed by atoms with E-state index in [4.69, 9.17) is 4.42 Å². The minimum atomic E-state index is 0.907. The molecular weight excluding hydrogens is 631 g/mol. The molecule has 0 amide bonds. The van der Waals surface area contributed by atoms with Gasteiger partial charge in [-0.15, -0.1) is 0 Å². The van der Waals surface area contributed by atoms with Crippen LogP contribution in [0.1, 0.15) is 0 Å². The number of fused-ring (bicyclic) bond motifs is 7. The molecular formula is C50H31NO. The number of furan rings is 1. The second-order valence-corrected chi connectivity index (χ2v) is 13.7.